The third-order valence-corrected chi connectivity index (χ3v) is 4.80. The largest absolute Gasteiger partial charge is 0.368 e. The first kappa shape index (κ1) is 23.5. The molecule has 1 amide bonds. The van der Waals surface area contributed by atoms with Crippen molar-refractivity contribution in [1.29, 1.82) is 0 Å². The lowest BCUT2D eigenvalue weighted by Crippen LogP contribution is -2.49. The molecule has 0 aliphatic carbocycles. The maximum absolute atomic E-state index is 12.5. The summed E-state index contributed by atoms with van der Waals surface area (Å²) in [4.78, 5) is 23.2. The second-order valence-electron chi connectivity index (χ2n) is 6.70. The van der Waals surface area contributed by atoms with Crippen molar-refractivity contribution >= 4 is 41.5 Å². The minimum absolute atomic E-state index is 0. The van der Waals surface area contributed by atoms with Gasteiger partial charge in [0.1, 0.15) is 0 Å². The molecule has 0 radical (unpaired) electrons. The molecule has 1 fully saturated rings. The second kappa shape index (κ2) is 12.8. The lowest BCUT2D eigenvalue weighted by atomic mass is 10.2. The average molecular weight is 487 g/mol. The van der Waals surface area contributed by atoms with Crippen molar-refractivity contribution in [2.75, 3.05) is 58.3 Å². The molecule has 1 heterocycles. The van der Waals surface area contributed by atoms with Gasteiger partial charge in [-0.25, -0.2) is 0 Å². The molecule has 0 unspecified atom stereocenters. The van der Waals surface area contributed by atoms with Gasteiger partial charge in [0.05, 0.1) is 0 Å². The third-order valence-electron chi connectivity index (χ3n) is 4.80. The molecule has 0 spiro atoms. The smallest absolute Gasteiger partial charge is 0.224 e. The van der Waals surface area contributed by atoms with Crippen molar-refractivity contribution in [3.05, 3.63) is 30.3 Å². The molecule has 1 aliphatic rings. The van der Waals surface area contributed by atoms with Crippen molar-refractivity contribution in [1.82, 2.24) is 15.1 Å². The van der Waals surface area contributed by atoms with Gasteiger partial charge in [0, 0.05) is 65.5 Å². The van der Waals surface area contributed by atoms with E-state index < -0.39 is 0 Å². The minimum atomic E-state index is 0. The van der Waals surface area contributed by atoms with Gasteiger partial charge >= 0.3 is 0 Å². The summed E-state index contributed by atoms with van der Waals surface area (Å²) < 4.78 is 0. The molecule has 1 N–H and O–H groups in total. The zero-order chi connectivity index (χ0) is 18.8. The van der Waals surface area contributed by atoms with Crippen molar-refractivity contribution in [3.63, 3.8) is 0 Å². The van der Waals surface area contributed by atoms with Crippen LogP contribution in [0.1, 0.15) is 26.2 Å². The molecule has 7 heteroatoms. The van der Waals surface area contributed by atoms with E-state index in [2.05, 4.69) is 51.3 Å². The van der Waals surface area contributed by atoms with Crippen LogP contribution < -0.4 is 10.2 Å². The molecule has 2 rings (SSSR count). The van der Waals surface area contributed by atoms with E-state index in [0.717, 1.165) is 51.5 Å². The minimum Gasteiger partial charge on any atom is -0.368 e. The van der Waals surface area contributed by atoms with Crippen LogP contribution >= 0.6 is 24.0 Å². The fraction of sp³-hybridized carbons (Fsp3) is 0.600. The van der Waals surface area contributed by atoms with Gasteiger partial charge in [-0.2, -0.15) is 0 Å². The van der Waals surface area contributed by atoms with E-state index in [4.69, 9.17) is 0 Å². The Bertz CT molecular complexity index is 573. The molecule has 0 atom stereocenters. The van der Waals surface area contributed by atoms with E-state index in [1.807, 2.05) is 18.0 Å². The van der Waals surface area contributed by atoms with Crippen LogP contribution in [0.15, 0.2) is 35.3 Å². The van der Waals surface area contributed by atoms with Gasteiger partial charge in [0.15, 0.2) is 5.96 Å². The molecule has 1 aliphatic heterocycles. The fourth-order valence-corrected chi connectivity index (χ4v) is 3.18. The number of hydrogen-bond acceptors (Lipinski definition) is 3. The van der Waals surface area contributed by atoms with Gasteiger partial charge in [-0.3, -0.25) is 9.79 Å². The van der Waals surface area contributed by atoms with Crippen LogP contribution in [-0.2, 0) is 4.79 Å². The number of benzene rings is 1. The molecule has 1 saturated heterocycles. The summed E-state index contributed by atoms with van der Waals surface area (Å²) in [7, 11) is 3.82. The Morgan fingerprint density at radius 3 is 2.44 bits per heavy atom. The summed E-state index contributed by atoms with van der Waals surface area (Å²) in [6.07, 6.45) is 2.81. The Kier molecular flexibility index (Phi) is 11.2. The van der Waals surface area contributed by atoms with Gasteiger partial charge in [0.2, 0.25) is 5.91 Å². The number of rotatable bonds is 7. The normalized spacial score (nSPS) is 14.6. The highest BCUT2D eigenvalue weighted by Crippen LogP contribution is 2.15. The molecule has 0 aromatic heterocycles. The number of carbonyl (C=O) groups is 1. The highest BCUT2D eigenvalue weighted by Gasteiger charge is 2.21. The van der Waals surface area contributed by atoms with Gasteiger partial charge in [-0.15, -0.1) is 24.0 Å². The monoisotopic (exact) mass is 487 g/mol. The van der Waals surface area contributed by atoms with Crippen molar-refractivity contribution in [2.45, 2.75) is 26.2 Å². The first-order valence-corrected chi connectivity index (χ1v) is 9.65. The first-order chi connectivity index (χ1) is 12.7. The number of nitrogens with one attached hydrogen (secondary N) is 1. The number of carbonyl (C=O) groups excluding carboxylic acids is 1. The molecule has 6 nitrogen and oxygen atoms in total. The zero-order valence-electron chi connectivity index (χ0n) is 16.9. The van der Waals surface area contributed by atoms with Crippen molar-refractivity contribution < 1.29 is 4.79 Å². The van der Waals surface area contributed by atoms with E-state index in [1.54, 1.807) is 7.05 Å². The number of hydrogen-bond donors (Lipinski definition) is 1. The Balaban J connectivity index is 0.00000364. The summed E-state index contributed by atoms with van der Waals surface area (Å²) in [5.41, 5.74) is 1.24. The van der Waals surface area contributed by atoms with Crippen LogP contribution in [0.25, 0.3) is 0 Å². The molecule has 1 aromatic carbocycles. The molecular formula is C20H34IN5O. The van der Waals surface area contributed by atoms with Crippen LogP contribution in [0.3, 0.4) is 0 Å². The summed E-state index contributed by atoms with van der Waals surface area (Å²) in [5, 5.41) is 3.30. The number of unbranched alkanes of at least 4 members (excludes halogenated alkanes) is 1. The highest BCUT2D eigenvalue weighted by atomic mass is 127. The van der Waals surface area contributed by atoms with Crippen LogP contribution in [0.4, 0.5) is 5.69 Å². The molecule has 1 aromatic rings. The second-order valence-corrected chi connectivity index (χ2v) is 6.70. The molecular weight excluding hydrogens is 453 g/mol. The van der Waals surface area contributed by atoms with Crippen LogP contribution in [-0.4, -0.2) is 75.0 Å². The van der Waals surface area contributed by atoms with E-state index in [9.17, 15) is 4.79 Å². The van der Waals surface area contributed by atoms with Gasteiger partial charge in [0.25, 0.3) is 0 Å². The van der Waals surface area contributed by atoms with Gasteiger partial charge < -0.3 is 20.0 Å². The predicted molar refractivity (Wildman–Crippen MR) is 124 cm³/mol. The molecule has 27 heavy (non-hydrogen) atoms. The average Bonchev–Trinajstić information content (AvgIpc) is 2.70. The molecule has 152 valence electrons. The number of piperazine rings is 1. The summed E-state index contributed by atoms with van der Waals surface area (Å²) in [6.45, 7) is 7.15. The van der Waals surface area contributed by atoms with Crippen molar-refractivity contribution in [2.24, 2.45) is 4.99 Å². The number of anilines is 1. The number of amides is 1. The van der Waals surface area contributed by atoms with Gasteiger partial charge in [-0.1, -0.05) is 31.5 Å². The fourth-order valence-electron chi connectivity index (χ4n) is 3.18. The summed E-state index contributed by atoms with van der Waals surface area (Å²) in [5.74, 6) is 1.08. The number of guanidine groups is 1. The maximum Gasteiger partial charge on any atom is 0.224 e. The highest BCUT2D eigenvalue weighted by molar-refractivity contribution is 14.0. The third kappa shape index (κ3) is 7.56. The number of para-hydroxylation sites is 1. The van der Waals surface area contributed by atoms with Gasteiger partial charge in [-0.05, 0) is 18.6 Å². The topological polar surface area (TPSA) is 51.2 Å². The molecule has 0 saturated carbocycles. The lowest BCUT2D eigenvalue weighted by Gasteiger charge is -2.36. The lowest BCUT2D eigenvalue weighted by molar-refractivity contribution is -0.131. The maximum atomic E-state index is 12.5. The number of aliphatic imine (C=N–C) groups is 1. The van der Waals surface area contributed by atoms with Crippen molar-refractivity contribution in [3.8, 4) is 0 Å². The quantitative estimate of drug-likeness (QED) is 0.365. The zero-order valence-corrected chi connectivity index (χ0v) is 19.2. The Labute approximate surface area is 181 Å². The SMILES string of the molecule is CCCCN(C)C(=NC)NCCC(=O)N1CCN(c2ccccc2)CC1.I. The van der Waals surface area contributed by atoms with E-state index in [0.29, 0.717) is 13.0 Å². The Hall–Kier alpha value is -1.51. The predicted octanol–water partition coefficient (Wildman–Crippen LogP) is 2.65. The standard InChI is InChI=1S/C20H33N5O.HI/c1-4-5-13-23(3)20(21-2)22-12-11-19(26)25-16-14-24(15-17-25)18-9-7-6-8-10-18;/h6-10H,4-5,11-17H2,1-3H3,(H,21,22);1H. The number of halogens is 1. The van der Waals surface area contributed by atoms with E-state index in [1.165, 1.54) is 5.69 Å². The Morgan fingerprint density at radius 2 is 1.85 bits per heavy atom. The Morgan fingerprint density at radius 1 is 1.19 bits per heavy atom. The number of nitrogens with zero attached hydrogens (tertiary/aromatic N) is 4. The van der Waals surface area contributed by atoms with E-state index in [-0.39, 0.29) is 29.9 Å². The molecule has 0 bridgehead atoms. The first-order valence-electron chi connectivity index (χ1n) is 9.65. The van der Waals surface area contributed by atoms with Crippen LogP contribution in [0.5, 0.6) is 0 Å². The summed E-state index contributed by atoms with van der Waals surface area (Å²) >= 11 is 0. The van der Waals surface area contributed by atoms with Crippen LogP contribution in [0.2, 0.25) is 0 Å². The van der Waals surface area contributed by atoms with Crippen LogP contribution in [0, 0.1) is 0 Å². The summed E-state index contributed by atoms with van der Waals surface area (Å²) in [6, 6.07) is 10.4. The van der Waals surface area contributed by atoms with E-state index >= 15 is 0 Å².